The van der Waals surface area contributed by atoms with Crippen molar-refractivity contribution in [2.24, 2.45) is 0 Å². The molecule has 4 heteroatoms. The summed E-state index contributed by atoms with van der Waals surface area (Å²) in [5, 5.41) is 2.07. The zero-order valence-corrected chi connectivity index (χ0v) is 8.76. The normalized spacial score (nSPS) is 21.8. The molecular formula is C9H13BO2S. The van der Waals surface area contributed by atoms with Crippen molar-refractivity contribution in [2.45, 2.75) is 19.4 Å². The molecule has 1 aliphatic rings. The maximum atomic E-state index is 5.72. The van der Waals surface area contributed by atoms with Crippen LogP contribution >= 0.6 is 11.3 Å². The van der Waals surface area contributed by atoms with Gasteiger partial charge in [0.05, 0.1) is 18.7 Å². The topological polar surface area (TPSA) is 18.5 Å². The van der Waals surface area contributed by atoms with Crippen molar-refractivity contribution in [2.75, 3.05) is 13.1 Å². The first kappa shape index (κ1) is 9.25. The van der Waals surface area contributed by atoms with Gasteiger partial charge in [0.1, 0.15) is 0 Å². The van der Waals surface area contributed by atoms with Gasteiger partial charge in [-0.3, -0.25) is 0 Å². The van der Waals surface area contributed by atoms with Crippen molar-refractivity contribution in [3.8, 4) is 0 Å². The Morgan fingerprint density at radius 2 is 2.38 bits per heavy atom. The third-order valence-electron chi connectivity index (χ3n) is 2.12. The first-order valence-corrected chi connectivity index (χ1v) is 5.34. The van der Waals surface area contributed by atoms with E-state index in [-0.39, 0.29) is 12.5 Å². The fourth-order valence-corrected chi connectivity index (χ4v) is 2.09. The fourth-order valence-electron chi connectivity index (χ4n) is 1.33. The van der Waals surface area contributed by atoms with Crippen molar-refractivity contribution < 1.29 is 9.39 Å². The van der Waals surface area contributed by atoms with Crippen molar-refractivity contribution in [3.05, 3.63) is 17.5 Å². The van der Waals surface area contributed by atoms with E-state index in [9.17, 15) is 0 Å². The van der Waals surface area contributed by atoms with E-state index in [0.29, 0.717) is 13.1 Å². The first-order chi connectivity index (χ1) is 6.17. The van der Waals surface area contributed by atoms with Crippen LogP contribution in [0.3, 0.4) is 0 Å². The van der Waals surface area contributed by atoms with Gasteiger partial charge in [-0.25, -0.2) is 0 Å². The molecule has 1 aliphatic heterocycles. The Bertz CT molecular complexity index is 261. The summed E-state index contributed by atoms with van der Waals surface area (Å²) in [4.78, 5) is 0. The molecule has 0 aliphatic carbocycles. The second-order valence-corrected chi connectivity index (χ2v) is 4.87. The Morgan fingerprint density at radius 3 is 2.92 bits per heavy atom. The van der Waals surface area contributed by atoms with Crippen LogP contribution in [0.15, 0.2) is 17.5 Å². The van der Waals surface area contributed by atoms with Crippen LogP contribution in [-0.4, -0.2) is 25.6 Å². The Balaban J connectivity index is 1.99. The Labute approximate surface area is 83.0 Å². The summed E-state index contributed by atoms with van der Waals surface area (Å²) in [5.41, 5.74) is -0.117. The molecule has 0 aromatic carbocycles. The van der Waals surface area contributed by atoms with Crippen LogP contribution in [0.25, 0.3) is 0 Å². The smallest absolute Gasteiger partial charge is 0.364 e. The highest BCUT2D eigenvalue weighted by atomic mass is 32.1. The highest BCUT2D eigenvalue weighted by Crippen LogP contribution is 2.16. The molecule has 0 radical (unpaired) electrons. The number of hydrogen-bond acceptors (Lipinski definition) is 3. The molecule has 2 heterocycles. The third-order valence-corrected chi connectivity index (χ3v) is 3.08. The number of thiophene rings is 1. The summed E-state index contributed by atoms with van der Waals surface area (Å²) in [6.07, 6.45) is 0. The molecule has 1 saturated heterocycles. The Hall–Kier alpha value is -0.315. The van der Waals surface area contributed by atoms with Crippen LogP contribution in [0.4, 0.5) is 0 Å². The van der Waals surface area contributed by atoms with Gasteiger partial charge in [0, 0.05) is 4.78 Å². The summed E-state index contributed by atoms with van der Waals surface area (Å²) in [6, 6.07) is 4.14. The summed E-state index contributed by atoms with van der Waals surface area (Å²) < 4.78 is 12.7. The summed E-state index contributed by atoms with van der Waals surface area (Å²) in [7, 11) is 0. The van der Waals surface area contributed by atoms with Crippen molar-refractivity contribution in [1.82, 2.24) is 0 Å². The van der Waals surface area contributed by atoms with Gasteiger partial charge in [-0.2, -0.15) is 11.3 Å². The zero-order valence-electron chi connectivity index (χ0n) is 7.95. The van der Waals surface area contributed by atoms with Gasteiger partial charge in [0.15, 0.2) is 0 Å². The molecule has 0 amide bonds. The standard InChI is InChI=1S/C9H13BO2S/c1-9(2)6-12-10(7-11-9)8-4-3-5-13-8/h3-5H,6-7H2,1-2H3. The molecule has 0 bridgehead atoms. The van der Waals surface area contributed by atoms with Crippen LogP contribution in [0.5, 0.6) is 0 Å². The monoisotopic (exact) mass is 196 g/mol. The average Bonchev–Trinajstić information content (AvgIpc) is 2.56. The Morgan fingerprint density at radius 1 is 1.54 bits per heavy atom. The largest absolute Gasteiger partial charge is 0.426 e. The molecule has 0 atom stereocenters. The molecule has 0 unspecified atom stereocenters. The zero-order chi connectivity index (χ0) is 9.31. The maximum absolute atomic E-state index is 5.72. The molecule has 1 aromatic heterocycles. The molecule has 0 spiro atoms. The molecule has 0 saturated carbocycles. The minimum absolute atomic E-state index is 0.117. The number of rotatable bonds is 1. The number of hydrogen-bond donors (Lipinski definition) is 0. The van der Waals surface area contributed by atoms with Crippen molar-refractivity contribution in [1.29, 1.82) is 0 Å². The van der Waals surface area contributed by atoms with Gasteiger partial charge in [-0.1, -0.05) is 12.1 Å². The van der Waals surface area contributed by atoms with E-state index in [1.807, 2.05) is 6.07 Å². The molecule has 0 N–H and O–H groups in total. The molecular weight excluding hydrogens is 183 g/mol. The van der Waals surface area contributed by atoms with Crippen LogP contribution in [0.2, 0.25) is 0 Å². The average molecular weight is 196 g/mol. The summed E-state index contributed by atoms with van der Waals surface area (Å²) >= 11 is 1.72. The summed E-state index contributed by atoms with van der Waals surface area (Å²) in [5.74, 6) is 0. The van der Waals surface area contributed by atoms with Gasteiger partial charge < -0.3 is 9.39 Å². The molecule has 1 aromatic rings. The van der Waals surface area contributed by atoms with E-state index in [1.54, 1.807) is 11.3 Å². The lowest BCUT2D eigenvalue weighted by atomic mass is 9.66. The van der Waals surface area contributed by atoms with Crippen molar-refractivity contribution >= 4 is 23.0 Å². The van der Waals surface area contributed by atoms with E-state index in [4.69, 9.17) is 9.39 Å². The quantitative estimate of drug-likeness (QED) is 0.630. The lowest BCUT2D eigenvalue weighted by Gasteiger charge is -2.33. The SMILES string of the molecule is CC1(C)COB(c2cccs2)CO1. The van der Waals surface area contributed by atoms with Gasteiger partial charge in [0.25, 0.3) is 0 Å². The molecule has 2 rings (SSSR count). The van der Waals surface area contributed by atoms with E-state index >= 15 is 0 Å². The van der Waals surface area contributed by atoms with E-state index in [0.717, 1.165) is 0 Å². The maximum Gasteiger partial charge on any atom is 0.364 e. The Kier molecular flexibility index (Phi) is 2.45. The highest BCUT2D eigenvalue weighted by molar-refractivity contribution is 7.21. The van der Waals surface area contributed by atoms with Gasteiger partial charge in [0.2, 0.25) is 0 Å². The van der Waals surface area contributed by atoms with Crippen LogP contribution in [0.1, 0.15) is 13.8 Å². The van der Waals surface area contributed by atoms with Crippen LogP contribution in [0, 0.1) is 0 Å². The lowest BCUT2D eigenvalue weighted by Crippen LogP contribution is -2.49. The molecule has 13 heavy (non-hydrogen) atoms. The predicted molar refractivity (Wildman–Crippen MR) is 55.7 cm³/mol. The van der Waals surface area contributed by atoms with E-state index in [2.05, 4.69) is 25.3 Å². The minimum Gasteiger partial charge on any atom is -0.426 e. The second kappa shape index (κ2) is 3.44. The fraction of sp³-hybridized carbons (Fsp3) is 0.556. The molecule has 70 valence electrons. The first-order valence-electron chi connectivity index (χ1n) is 4.46. The van der Waals surface area contributed by atoms with Gasteiger partial charge in [-0.05, 0) is 19.2 Å². The van der Waals surface area contributed by atoms with Crippen LogP contribution in [-0.2, 0) is 9.39 Å². The predicted octanol–water partition coefficient (Wildman–Crippen LogP) is 1.31. The minimum atomic E-state index is -0.117. The van der Waals surface area contributed by atoms with Gasteiger partial charge >= 0.3 is 6.92 Å². The van der Waals surface area contributed by atoms with E-state index < -0.39 is 0 Å². The van der Waals surface area contributed by atoms with Crippen LogP contribution < -0.4 is 4.78 Å². The lowest BCUT2D eigenvalue weighted by molar-refractivity contribution is -0.0561. The van der Waals surface area contributed by atoms with Crippen molar-refractivity contribution in [3.63, 3.8) is 0 Å². The van der Waals surface area contributed by atoms with E-state index in [1.165, 1.54) is 4.78 Å². The highest BCUT2D eigenvalue weighted by Gasteiger charge is 2.32. The van der Waals surface area contributed by atoms with Gasteiger partial charge in [-0.15, -0.1) is 0 Å². The second-order valence-electron chi connectivity index (χ2n) is 3.89. The molecule has 2 nitrogen and oxygen atoms in total. The molecule has 1 fully saturated rings. The third kappa shape index (κ3) is 2.13. The number of ether oxygens (including phenoxy) is 1. The summed E-state index contributed by atoms with van der Waals surface area (Å²) in [6.45, 7) is 5.60.